The number of fused-ring (bicyclic) bond motifs is 1. The van der Waals surface area contributed by atoms with E-state index in [1.807, 2.05) is 38.1 Å². The van der Waals surface area contributed by atoms with Crippen molar-refractivity contribution < 1.29 is 9.52 Å². The lowest BCUT2D eigenvalue weighted by atomic mass is 10.1. The molecule has 3 aromatic rings. The molecule has 3 nitrogen and oxygen atoms in total. The van der Waals surface area contributed by atoms with Gasteiger partial charge in [-0.2, -0.15) is 0 Å². The molecule has 0 bridgehead atoms. The van der Waals surface area contributed by atoms with Gasteiger partial charge in [0.05, 0.1) is 5.39 Å². The van der Waals surface area contributed by atoms with Crippen LogP contribution in [0, 0.1) is 13.8 Å². The SMILES string of the molecule is Cc1cc(C)c2oc(-c3ccccc3)c(O)c(=O)c2c1. The van der Waals surface area contributed by atoms with Crippen LogP contribution in [0.25, 0.3) is 22.3 Å². The first-order chi connectivity index (χ1) is 9.58. The summed E-state index contributed by atoms with van der Waals surface area (Å²) in [6.07, 6.45) is 0. The van der Waals surface area contributed by atoms with E-state index in [0.717, 1.165) is 11.1 Å². The Balaban J connectivity index is 2.42. The molecule has 0 fully saturated rings. The summed E-state index contributed by atoms with van der Waals surface area (Å²) in [6, 6.07) is 12.8. The summed E-state index contributed by atoms with van der Waals surface area (Å²) < 4.78 is 5.80. The van der Waals surface area contributed by atoms with E-state index in [0.29, 0.717) is 16.5 Å². The molecule has 0 saturated carbocycles. The van der Waals surface area contributed by atoms with Crippen molar-refractivity contribution in [2.45, 2.75) is 13.8 Å². The third-order valence-corrected chi connectivity index (χ3v) is 3.33. The van der Waals surface area contributed by atoms with Crippen molar-refractivity contribution in [2.24, 2.45) is 0 Å². The first kappa shape index (κ1) is 12.5. The molecule has 0 atom stereocenters. The number of aromatic hydroxyl groups is 1. The molecule has 100 valence electrons. The molecule has 0 aliphatic heterocycles. The van der Waals surface area contributed by atoms with Crippen LogP contribution >= 0.6 is 0 Å². The molecule has 0 unspecified atom stereocenters. The molecular formula is C17H14O3. The molecule has 20 heavy (non-hydrogen) atoms. The van der Waals surface area contributed by atoms with E-state index in [2.05, 4.69) is 0 Å². The smallest absolute Gasteiger partial charge is 0.235 e. The standard InChI is InChI=1S/C17H14O3/c1-10-8-11(2)16-13(9-10)14(18)15(19)17(20-16)12-6-4-3-5-7-12/h3-9,19H,1-2H3. The van der Waals surface area contributed by atoms with Gasteiger partial charge in [-0.3, -0.25) is 4.79 Å². The highest BCUT2D eigenvalue weighted by Gasteiger charge is 2.16. The first-order valence-electron chi connectivity index (χ1n) is 6.40. The maximum absolute atomic E-state index is 12.3. The molecular weight excluding hydrogens is 252 g/mol. The molecule has 3 heteroatoms. The molecule has 1 N–H and O–H groups in total. The average molecular weight is 266 g/mol. The maximum atomic E-state index is 12.3. The van der Waals surface area contributed by atoms with E-state index < -0.39 is 5.43 Å². The van der Waals surface area contributed by atoms with E-state index in [4.69, 9.17) is 4.42 Å². The van der Waals surface area contributed by atoms with Gasteiger partial charge >= 0.3 is 0 Å². The molecule has 0 amide bonds. The lowest BCUT2D eigenvalue weighted by Gasteiger charge is -2.08. The van der Waals surface area contributed by atoms with E-state index >= 15 is 0 Å². The maximum Gasteiger partial charge on any atom is 0.235 e. The van der Waals surface area contributed by atoms with Gasteiger partial charge in [0, 0.05) is 5.56 Å². The zero-order valence-electron chi connectivity index (χ0n) is 11.3. The molecule has 0 aliphatic carbocycles. The quantitative estimate of drug-likeness (QED) is 0.729. The summed E-state index contributed by atoms with van der Waals surface area (Å²) in [6.45, 7) is 3.80. The van der Waals surface area contributed by atoms with Gasteiger partial charge in [-0.05, 0) is 31.0 Å². The van der Waals surface area contributed by atoms with Gasteiger partial charge < -0.3 is 9.52 Å². The van der Waals surface area contributed by atoms with E-state index in [1.54, 1.807) is 18.2 Å². The highest BCUT2D eigenvalue weighted by Crippen LogP contribution is 2.31. The largest absolute Gasteiger partial charge is 0.502 e. The van der Waals surface area contributed by atoms with Crippen LogP contribution < -0.4 is 5.43 Å². The molecule has 0 saturated heterocycles. The zero-order chi connectivity index (χ0) is 14.3. The fourth-order valence-corrected chi connectivity index (χ4v) is 2.42. The predicted molar refractivity (Wildman–Crippen MR) is 79.1 cm³/mol. The molecule has 0 aliphatic rings. The highest BCUT2D eigenvalue weighted by molar-refractivity contribution is 5.84. The second-order valence-corrected chi connectivity index (χ2v) is 4.93. The topological polar surface area (TPSA) is 50.4 Å². The molecule has 0 spiro atoms. The normalized spacial score (nSPS) is 10.9. The van der Waals surface area contributed by atoms with Gasteiger partial charge in [-0.1, -0.05) is 36.4 Å². The van der Waals surface area contributed by atoms with Gasteiger partial charge in [0.25, 0.3) is 0 Å². The number of rotatable bonds is 1. The van der Waals surface area contributed by atoms with Crippen LogP contribution in [0.1, 0.15) is 11.1 Å². The number of hydrogen-bond acceptors (Lipinski definition) is 3. The summed E-state index contributed by atoms with van der Waals surface area (Å²) in [5.41, 5.74) is 2.67. The van der Waals surface area contributed by atoms with Gasteiger partial charge in [-0.15, -0.1) is 0 Å². The van der Waals surface area contributed by atoms with Crippen LogP contribution in [-0.2, 0) is 0 Å². The Bertz CT molecular complexity index is 845. The fraction of sp³-hybridized carbons (Fsp3) is 0.118. The van der Waals surface area contributed by atoms with Crippen molar-refractivity contribution in [1.29, 1.82) is 0 Å². The Morgan fingerprint density at radius 3 is 2.45 bits per heavy atom. The van der Waals surface area contributed by atoms with Crippen molar-refractivity contribution in [3.05, 3.63) is 63.8 Å². The van der Waals surface area contributed by atoms with Crippen molar-refractivity contribution in [1.82, 2.24) is 0 Å². The van der Waals surface area contributed by atoms with Gasteiger partial charge in [0.1, 0.15) is 5.58 Å². The van der Waals surface area contributed by atoms with E-state index in [9.17, 15) is 9.90 Å². The second kappa shape index (κ2) is 4.53. The van der Waals surface area contributed by atoms with E-state index in [-0.39, 0.29) is 11.5 Å². The molecule has 1 heterocycles. The second-order valence-electron chi connectivity index (χ2n) is 4.93. The monoisotopic (exact) mass is 266 g/mol. The molecule has 3 rings (SSSR count). The van der Waals surface area contributed by atoms with Crippen LogP contribution in [0.2, 0.25) is 0 Å². The Morgan fingerprint density at radius 2 is 1.75 bits per heavy atom. The van der Waals surface area contributed by atoms with Crippen molar-refractivity contribution in [3.8, 4) is 17.1 Å². The minimum Gasteiger partial charge on any atom is -0.502 e. The lowest BCUT2D eigenvalue weighted by Crippen LogP contribution is -2.03. The molecule has 0 radical (unpaired) electrons. The van der Waals surface area contributed by atoms with Crippen LogP contribution in [0.3, 0.4) is 0 Å². The Labute approximate surface area is 116 Å². The van der Waals surface area contributed by atoms with Crippen LogP contribution in [0.15, 0.2) is 51.7 Å². The van der Waals surface area contributed by atoms with Crippen molar-refractivity contribution in [3.63, 3.8) is 0 Å². The number of benzene rings is 2. The third-order valence-electron chi connectivity index (χ3n) is 3.33. The summed E-state index contributed by atoms with van der Waals surface area (Å²) in [4.78, 5) is 12.3. The van der Waals surface area contributed by atoms with Gasteiger partial charge in [-0.25, -0.2) is 0 Å². The molecule has 2 aromatic carbocycles. The first-order valence-corrected chi connectivity index (χ1v) is 6.40. The van der Waals surface area contributed by atoms with Gasteiger partial charge in [0.2, 0.25) is 11.2 Å². The Kier molecular flexibility index (Phi) is 2.83. The van der Waals surface area contributed by atoms with Gasteiger partial charge in [0.15, 0.2) is 5.76 Å². The molecule has 1 aromatic heterocycles. The lowest BCUT2D eigenvalue weighted by molar-refractivity contribution is 0.449. The Morgan fingerprint density at radius 1 is 1.05 bits per heavy atom. The summed E-state index contributed by atoms with van der Waals surface area (Å²) in [5.74, 6) is -0.122. The average Bonchev–Trinajstić information content (AvgIpc) is 2.44. The minimum atomic E-state index is -0.392. The summed E-state index contributed by atoms with van der Waals surface area (Å²) in [5, 5.41) is 10.5. The van der Waals surface area contributed by atoms with Crippen LogP contribution in [0.5, 0.6) is 5.75 Å². The van der Waals surface area contributed by atoms with Crippen molar-refractivity contribution in [2.75, 3.05) is 0 Å². The number of aryl methyl sites for hydroxylation is 2. The minimum absolute atomic E-state index is 0.218. The van der Waals surface area contributed by atoms with Crippen LogP contribution in [-0.4, -0.2) is 5.11 Å². The zero-order valence-corrected chi connectivity index (χ0v) is 11.3. The summed E-state index contributed by atoms with van der Waals surface area (Å²) in [7, 11) is 0. The third kappa shape index (κ3) is 1.88. The highest BCUT2D eigenvalue weighted by atomic mass is 16.4. The van der Waals surface area contributed by atoms with Crippen LogP contribution in [0.4, 0.5) is 0 Å². The summed E-state index contributed by atoms with van der Waals surface area (Å²) >= 11 is 0. The predicted octanol–water partition coefficient (Wildman–Crippen LogP) is 3.78. The van der Waals surface area contributed by atoms with Crippen molar-refractivity contribution >= 4 is 11.0 Å². The Hall–Kier alpha value is -2.55. The number of hydrogen-bond donors (Lipinski definition) is 1. The van der Waals surface area contributed by atoms with E-state index in [1.165, 1.54) is 0 Å². The fourth-order valence-electron chi connectivity index (χ4n) is 2.42.